The van der Waals surface area contributed by atoms with Crippen LogP contribution in [-0.4, -0.2) is 10.9 Å². The molecule has 18 heavy (non-hydrogen) atoms. The SMILES string of the molecule is O=C(CCc1cc[nH+]cc1)c1ccccc1O.[Cl-]. The van der Waals surface area contributed by atoms with Gasteiger partial charge in [-0.3, -0.25) is 4.79 Å². The molecule has 2 aromatic rings. The van der Waals surface area contributed by atoms with Gasteiger partial charge in [-0.2, -0.15) is 0 Å². The first-order chi connectivity index (χ1) is 8.27. The number of phenolic OH excluding ortho intramolecular Hbond substituents is 1. The Kier molecular flexibility index (Phi) is 5.33. The van der Waals surface area contributed by atoms with E-state index < -0.39 is 0 Å². The molecule has 0 unspecified atom stereocenters. The van der Waals surface area contributed by atoms with Crippen LogP contribution < -0.4 is 17.4 Å². The quantitative estimate of drug-likeness (QED) is 0.722. The zero-order valence-electron chi connectivity index (χ0n) is 9.77. The highest BCUT2D eigenvalue weighted by molar-refractivity contribution is 5.98. The first kappa shape index (κ1) is 14.2. The summed E-state index contributed by atoms with van der Waals surface area (Å²) in [4.78, 5) is 14.8. The van der Waals surface area contributed by atoms with Crippen molar-refractivity contribution in [2.75, 3.05) is 0 Å². The molecule has 3 nitrogen and oxygen atoms in total. The van der Waals surface area contributed by atoms with Crippen LogP contribution in [0.25, 0.3) is 0 Å². The summed E-state index contributed by atoms with van der Waals surface area (Å²) < 4.78 is 0. The monoisotopic (exact) mass is 263 g/mol. The summed E-state index contributed by atoms with van der Waals surface area (Å²) in [6.45, 7) is 0. The third-order valence-corrected chi connectivity index (χ3v) is 2.63. The van der Waals surface area contributed by atoms with Gasteiger partial charge in [-0.25, -0.2) is 4.98 Å². The van der Waals surface area contributed by atoms with Crippen molar-refractivity contribution in [1.29, 1.82) is 0 Å². The molecule has 94 valence electrons. The van der Waals surface area contributed by atoms with Crippen molar-refractivity contribution < 1.29 is 27.3 Å². The van der Waals surface area contributed by atoms with Crippen LogP contribution in [-0.2, 0) is 6.42 Å². The minimum Gasteiger partial charge on any atom is -1.00 e. The Hall–Kier alpha value is -1.87. The Balaban J connectivity index is 0.00000162. The maximum atomic E-state index is 11.9. The number of para-hydroxylation sites is 1. The summed E-state index contributed by atoms with van der Waals surface area (Å²) in [5.41, 5.74) is 1.50. The summed E-state index contributed by atoms with van der Waals surface area (Å²) in [5, 5.41) is 9.55. The first-order valence-corrected chi connectivity index (χ1v) is 5.53. The van der Waals surface area contributed by atoms with Gasteiger partial charge in [0.05, 0.1) is 5.56 Å². The molecule has 0 aliphatic rings. The number of pyridine rings is 1. The van der Waals surface area contributed by atoms with Crippen molar-refractivity contribution in [3.8, 4) is 5.75 Å². The second-order valence-corrected chi connectivity index (χ2v) is 3.85. The van der Waals surface area contributed by atoms with Crippen molar-refractivity contribution in [3.63, 3.8) is 0 Å². The normalized spacial score (nSPS) is 9.56. The lowest BCUT2D eigenvalue weighted by Gasteiger charge is -2.02. The number of H-pyrrole nitrogens is 1. The fraction of sp³-hybridized carbons (Fsp3) is 0.143. The molecule has 1 aromatic carbocycles. The molecule has 0 aliphatic heterocycles. The van der Waals surface area contributed by atoms with Gasteiger partial charge in [-0.05, 0) is 24.1 Å². The number of aryl methyl sites for hydroxylation is 1. The average Bonchev–Trinajstić information content (AvgIpc) is 2.38. The topological polar surface area (TPSA) is 51.4 Å². The molecule has 0 spiro atoms. The Morgan fingerprint density at radius 1 is 1.11 bits per heavy atom. The maximum Gasteiger partial charge on any atom is 0.167 e. The fourth-order valence-corrected chi connectivity index (χ4v) is 1.69. The number of aromatic nitrogens is 1. The van der Waals surface area contributed by atoms with E-state index in [0.717, 1.165) is 5.56 Å². The molecule has 2 N–H and O–H groups in total. The number of phenols is 1. The van der Waals surface area contributed by atoms with E-state index in [0.29, 0.717) is 18.4 Å². The second kappa shape index (κ2) is 6.77. The van der Waals surface area contributed by atoms with Gasteiger partial charge in [0.15, 0.2) is 18.2 Å². The van der Waals surface area contributed by atoms with Crippen molar-refractivity contribution in [3.05, 3.63) is 59.9 Å². The number of aromatic hydroxyl groups is 1. The number of hydrogen-bond acceptors (Lipinski definition) is 2. The van der Waals surface area contributed by atoms with Gasteiger partial charge in [0.2, 0.25) is 0 Å². The Morgan fingerprint density at radius 3 is 2.44 bits per heavy atom. The largest absolute Gasteiger partial charge is 1.00 e. The van der Waals surface area contributed by atoms with E-state index in [1.165, 1.54) is 6.07 Å². The molecule has 1 heterocycles. The van der Waals surface area contributed by atoms with E-state index in [1.807, 2.05) is 24.5 Å². The van der Waals surface area contributed by atoms with E-state index in [4.69, 9.17) is 0 Å². The van der Waals surface area contributed by atoms with Crippen LogP contribution in [0.15, 0.2) is 48.8 Å². The molecule has 2 rings (SSSR count). The van der Waals surface area contributed by atoms with Gasteiger partial charge in [-0.1, -0.05) is 12.1 Å². The highest BCUT2D eigenvalue weighted by Gasteiger charge is 2.10. The molecule has 1 aromatic heterocycles. The smallest absolute Gasteiger partial charge is 0.167 e. The number of carbonyl (C=O) groups is 1. The summed E-state index contributed by atoms with van der Waals surface area (Å²) in [7, 11) is 0. The lowest BCUT2D eigenvalue weighted by molar-refractivity contribution is -0.378. The van der Waals surface area contributed by atoms with Gasteiger partial charge in [0.25, 0.3) is 0 Å². The predicted octanol–water partition coefficient (Wildman–Crippen LogP) is -0.974. The highest BCUT2D eigenvalue weighted by Crippen LogP contribution is 2.18. The molecule has 0 saturated carbocycles. The van der Waals surface area contributed by atoms with E-state index in [-0.39, 0.29) is 23.9 Å². The highest BCUT2D eigenvalue weighted by atomic mass is 35.5. The van der Waals surface area contributed by atoms with Crippen LogP contribution >= 0.6 is 0 Å². The van der Waals surface area contributed by atoms with E-state index in [2.05, 4.69) is 4.98 Å². The van der Waals surface area contributed by atoms with Crippen molar-refractivity contribution in [1.82, 2.24) is 0 Å². The maximum absolute atomic E-state index is 11.9. The molecule has 0 aliphatic carbocycles. The summed E-state index contributed by atoms with van der Waals surface area (Å²) in [6, 6.07) is 10.5. The number of aromatic amines is 1. The van der Waals surface area contributed by atoms with Crippen LogP contribution in [0.2, 0.25) is 0 Å². The molecule has 0 radical (unpaired) electrons. The summed E-state index contributed by atoms with van der Waals surface area (Å²) >= 11 is 0. The zero-order chi connectivity index (χ0) is 12.1. The third-order valence-electron chi connectivity index (χ3n) is 2.63. The predicted molar refractivity (Wildman–Crippen MR) is 63.8 cm³/mol. The number of nitrogens with one attached hydrogen (secondary N) is 1. The standard InChI is InChI=1S/C14H13NO2.ClH/c16-13-4-2-1-3-12(13)14(17)6-5-11-7-9-15-10-8-11;/h1-4,7-10,16H,5-6H2;1H. The number of Topliss-reactive ketones (excluding diaryl/α,β-unsaturated/α-hetero) is 1. The molecular weight excluding hydrogens is 250 g/mol. The number of ketones is 1. The van der Waals surface area contributed by atoms with Crippen LogP contribution in [0, 0.1) is 0 Å². The molecule has 0 amide bonds. The molecule has 0 atom stereocenters. The number of benzene rings is 1. The number of halogens is 1. The molecular formula is C14H14ClNO2. The van der Waals surface area contributed by atoms with Crippen molar-refractivity contribution >= 4 is 5.78 Å². The molecule has 4 heteroatoms. The van der Waals surface area contributed by atoms with Crippen LogP contribution in [0.4, 0.5) is 0 Å². The minimum absolute atomic E-state index is 0. The van der Waals surface area contributed by atoms with Crippen molar-refractivity contribution in [2.45, 2.75) is 12.8 Å². The van der Waals surface area contributed by atoms with Crippen molar-refractivity contribution in [2.24, 2.45) is 0 Å². The van der Waals surface area contributed by atoms with Crippen LogP contribution in [0.1, 0.15) is 22.3 Å². The molecule has 0 saturated heterocycles. The van der Waals surface area contributed by atoms with Gasteiger partial charge in [0.1, 0.15) is 5.75 Å². The van der Waals surface area contributed by atoms with Gasteiger partial charge in [-0.15, -0.1) is 0 Å². The summed E-state index contributed by atoms with van der Waals surface area (Å²) in [5.74, 6) is 0.0230. The molecule has 0 bridgehead atoms. The van der Waals surface area contributed by atoms with Gasteiger partial charge < -0.3 is 17.5 Å². The van der Waals surface area contributed by atoms with Gasteiger partial charge >= 0.3 is 0 Å². The number of carbonyl (C=O) groups excluding carboxylic acids is 1. The molecule has 0 fully saturated rings. The lowest BCUT2D eigenvalue weighted by Crippen LogP contribution is -3.00. The Bertz CT molecular complexity index is 514. The van der Waals surface area contributed by atoms with E-state index in [9.17, 15) is 9.90 Å². The van der Waals surface area contributed by atoms with E-state index in [1.54, 1.807) is 18.2 Å². The summed E-state index contributed by atoms with van der Waals surface area (Å²) in [6.07, 6.45) is 4.75. The third kappa shape index (κ3) is 3.57. The fourth-order valence-electron chi connectivity index (χ4n) is 1.69. The number of hydrogen-bond donors (Lipinski definition) is 1. The lowest BCUT2D eigenvalue weighted by atomic mass is 10.0. The van der Waals surface area contributed by atoms with Gasteiger partial charge in [0, 0.05) is 18.6 Å². The number of rotatable bonds is 4. The average molecular weight is 264 g/mol. The first-order valence-electron chi connectivity index (χ1n) is 5.53. The Morgan fingerprint density at radius 2 is 1.78 bits per heavy atom. The Labute approximate surface area is 112 Å². The van der Waals surface area contributed by atoms with E-state index >= 15 is 0 Å². The van der Waals surface area contributed by atoms with Crippen LogP contribution in [0.5, 0.6) is 5.75 Å². The van der Waals surface area contributed by atoms with Crippen LogP contribution in [0.3, 0.4) is 0 Å². The second-order valence-electron chi connectivity index (χ2n) is 3.85. The minimum atomic E-state index is -0.0315. The zero-order valence-corrected chi connectivity index (χ0v) is 10.5.